The number of halogens is 1. The van der Waals surface area contributed by atoms with Crippen molar-refractivity contribution in [2.75, 3.05) is 4.90 Å². The second kappa shape index (κ2) is 10.9. The standard InChI is InChI=1S/C39H26FN2O.Pd/c1-39(2)30-16-4-5-18-32(30)42(33-20-21-35-36(37(33)39)29-15-3-6-19-34(29)43-35)28-14-10-13-27(24-28)38(40)26-12-9-11-25(23-26)31-17-7-8-22-41-31;/h3-17,19-22,38H,1-2H3;/q-3;. The van der Waals surface area contributed by atoms with Gasteiger partial charge in [0, 0.05) is 43.1 Å². The van der Waals surface area contributed by atoms with E-state index in [2.05, 4.69) is 60.1 Å². The van der Waals surface area contributed by atoms with Crippen molar-refractivity contribution >= 4 is 39.0 Å². The van der Waals surface area contributed by atoms with Gasteiger partial charge in [-0.05, 0) is 40.9 Å². The summed E-state index contributed by atoms with van der Waals surface area (Å²) in [6.07, 6.45) is 0.316. The van der Waals surface area contributed by atoms with Gasteiger partial charge in [0.2, 0.25) is 0 Å². The van der Waals surface area contributed by atoms with E-state index in [1.807, 2.05) is 78.9 Å². The summed E-state index contributed by atoms with van der Waals surface area (Å²) >= 11 is 0. The monoisotopic (exact) mass is 663 g/mol. The molecule has 0 fully saturated rings. The van der Waals surface area contributed by atoms with Gasteiger partial charge in [-0.25, -0.2) is 4.39 Å². The Labute approximate surface area is 269 Å². The van der Waals surface area contributed by atoms with Gasteiger partial charge in [0.1, 0.15) is 17.3 Å². The van der Waals surface area contributed by atoms with Crippen LogP contribution in [0.25, 0.3) is 33.2 Å². The fourth-order valence-corrected chi connectivity index (χ4v) is 6.47. The summed E-state index contributed by atoms with van der Waals surface area (Å²) in [7, 11) is 0. The van der Waals surface area contributed by atoms with Gasteiger partial charge in [-0.3, -0.25) is 0 Å². The van der Waals surface area contributed by atoms with Crippen LogP contribution < -0.4 is 4.90 Å². The fourth-order valence-electron chi connectivity index (χ4n) is 6.47. The van der Waals surface area contributed by atoms with Gasteiger partial charge in [0.25, 0.3) is 0 Å². The van der Waals surface area contributed by atoms with E-state index < -0.39 is 6.17 Å². The number of pyridine rings is 1. The number of hydrogen-bond acceptors (Lipinski definition) is 3. The third-order valence-electron chi connectivity index (χ3n) is 8.47. The van der Waals surface area contributed by atoms with E-state index in [-0.39, 0.29) is 25.8 Å². The molecule has 2 aromatic heterocycles. The molecule has 44 heavy (non-hydrogen) atoms. The molecule has 7 aromatic rings. The van der Waals surface area contributed by atoms with Gasteiger partial charge in [-0.2, -0.15) is 42.5 Å². The smallest absolute Gasteiger partial charge is 0.135 e. The summed E-state index contributed by atoms with van der Waals surface area (Å²) < 4.78 is 22.5. The van der Waals surface area contributed by atoms with Crippen LogP contribution in [0.3, 0.4) is 0 Å². The Hall–Kier alpha value is -4.56. The van der Waals surface area contributed by atoms with Gasteiger partial charge >= 0.3 is 0 Å². The van der Waals surface area contributed by atoms with Crippen LogP contribution in [0.4, 0.5) is 21.5 Å². The van der Waals surface area contributed by atoms with Crippen LogP contribution in [-0.2, 0) is 25.8 Å². The largest absolute Gasteiger partial charge is 0.456 e. The number of aromatic nitrogens is 1. The molecule has 3 heterocycles. The molecule has 8 rings (SSSR count). The molecule has 0 amide bonds. The molecule has 1 unspecified atom stereocenters. The first-order valence-electron chi connectivity index (χ1n) is 14.4. The van der Waals surface area contributed by atoms with Crippen molar-refractivity contribution in [2.45, 2.75) is 25.4 Å². The minimum atomic E-state index is -1.41. The number of fused-ring (bicyclic) bond motifs is 6. The maximum atomic E-state index is 16.2. The fraction of sp³-hybridized carbons (Fsp3) is 0.103. The minimum absolute atomic E-state index is 0. The second-order valence-corrected chi connectivity index (χ2v) is 11.4. The molecule has 5 heteroatoms. The summed E-state index contributed by atoms with van der Waals surface area (Å²) in [4.78, 5) is 6.56. The van der Waals surface area contributed by atoms with E-state index >= 15 is 4.39 Å². The van der Waals surface area contributed by atoms with Crippen molar-refractivity contribution in [3.8, 4) is 11.3 Å². The molecule has 0 aliphatic carbocycles. The predicted molar refractivity (Wildman–Crippen MR) is 170 cm³/mol. The van der Waals surface area contributed by atoms with Crippen molar-refractivity contribution in [2.24, 2.45) is 0 Å². The predicted octanol–water partition coefficient (Wildman–Crippen LogP) is 10.2. The molecule has 1 atom stereocenters. The van der Waals surface area contributed by atoms with Crippen molar-refractivity contribution in [1.29, 1.82) is 0 Å². The summed E-state index contributed by atoms with van der Waals surface area (Å²) in [5.74, 6) is 0. The van der Waals surface area contributed by atoms with Gasteiger partial charge in [-0.15, -0.1) is 47.0 Å². The summed E-state index contributed by atoms with van der Waals surface area (Å²) in [5, 5.41) is 2.17. The zero-order valence-electron chi connectivity index (χ0n) is 24.0. The molecule has 0 bridgehead atoms. The second-order valence-electron chi connectivity index (χ2n) is 11.4. The maximum absolute atomic E-state index is 16.2. The van der Waals surface area contributed by atoms with Crippen molar-refractivity contribution < 1.29 is 29.2 Å². The van der Waals surface area contributed by atoms with E-state index in [1.54, 1.807) is 18.3 Å². The Kier molecular flexibility index (Phi) is 6.97. The van der Waals surface area contributed by atoms with Crippen LogP contribution in [0.5, 0.6) is 0 Å². The van der Waals surface area contributed by atoms with Crippen molar-refractivity contribution in [3.05, 3.63) is 156 Å². The molecular formula is C39H26FN2OPd-3. The zero-order valence-corrected chi connectivity index (χ0v) is 25.6. The average molecular weight is 664 g/mol. The molecule has 0 saturated carbocycles. The Morgan fingerprint density at radius 3 is 2.43 bits per heavy atom. The van der Waals surface area contributed by atoms with Gasteiger partial charge in [-0.1, -0.05) is 61.1 Å². The van der Waals surface area contributed by atoms with Crippen LogP contribution in [0.1, 0.15) is 42.3 Å². The molecule has 218 valence electrons. The molecular weight excluding hydrogens is 638 g/mol. The molecule has 0 spiro atoms. The van der Waals surface area contributed by atoms with E-state index in [1.165, 1.54) is 0 Å². The quantitative estimate of drug-likeness (QED) is 0.139. The van der Waals surface area contributed by atoms with Crippen LogP contribution in [-0.4, -0.2) is 4.98 Å². The SMILES string of the molecule is CC1(C)c2ccc[c-]c2N(c2[c-]c(C(F)c3[c-]c(-c4ccccn4)ccc3)ccc2)c2ccc3oc4ccccc4c3c21.[Pd]. The number of rotatable bonds is 4. The third-order valence-corrected chi connectivity index (χ3v) is 8.47. The van der Waals surface area contributed by atoms with Gasteiger partial charge in [0.05, 0.1) is 0 Å². The molecule has 5 aromatic carbocycles. The van der Waals surface area contributed by atoms with Crippen molar-refractivity contribution in [1.82, 2.24) is 4.98 Å². The van der Waals surface area contributed by atoms with Crippen LogP contribution in [0.2, 0.25) is 0 Å². The Morgan fingerprint density at radius 1 is 0.795 bits per heavy atom. The molecule has 1 aliphatic heterocycles. The van der Waals surface area contributed by atoms with E-state index in [9.17, 15) is 0 Å². The molecule has 1 aliphatic rings. The first kappa shape index (κ1) is 28.2. The number of benzene rings is 5. The minimum Gasteiger partial charge on any atom is -0.456 e. The molecule has 0 N–H and O–H groups in total. The van der Waals surface area contributed by atoms with E-state index in [0.29, 0.717) is 11.1 Å². The van der Waals surface area contributed by atoms with Crippen LogP contribution >= 0.6 is 0 Å². The molecule has 3 nitrogen and oxygen atoms in total. The van der Waals surface area contributed by atoms with Gasteiger partial charge in [0.15, 0.2) is 0 Å². The first-order chi connectivity index (χ1) is 21.0. The Bertz CT molecular complexity index is 2150. The Balaban J connectivity index is 0.00000312. The Morgan fingerprint density at radius 2 is 1.59 bits per heavy atom. The molecule has 0 saturated heterocycles. The summed E-state index contributed by atoms with van der Waals surface area (Å²) in [6.45, 7) is 4.50. The van der Waals surface area contributed by atoms with E-state index in [4.69, 9.17) is 4.42 Å². The van der Waals surface area contributed by atoms with Crippen molar-refractivity contribution in [3.63, 3.8) is 0 Å². The molecule has 0 radical (unpaired) electrons. The van der Waals surface area contributed by atoms with E-state index in [0.717, 1.165) is 61.4 Å². The van der Waals surface area contributed by atoms with Crippen LogP contribution in [0, 0.1) is 18.2 Å². The van der Waals surface area contributed by atoms with Gasteiger partial charge < -0.3 is 14.3 Å². The number of alkyl halides is 1. The topological polar surface area (TPSA) is 29.3 Å². The normalized spacial score (nSPS) is 14.1. The maximum Gasteiger partial charge on any atom is 0.135 e. The average Bonchev–Trinajstić information content (AvgIpc) is 3.44. The number of furan rings is 1. The number of nitrogens with zero attached hydrogens (tertiary/aromatic N) is 2. The number of para-hydroxylation sites is 2. The summed E-state index contributed by atoms with van der Waals surface area (Å²) in [6, 6.07) is 45.4. The third kappa shape index (κ3) is 4.39. The summed E-state index contributed by atoms with van der Waals surface area (Å²) in [5.41, 5.74) is 8.72. The number of hydrogen-bond donors (Lipinski definition) is 0. The first-order valence-corrected chi connectivity index (χ1v) is 14.4. The van der Waals surface area contributed by atoms with Crippen LogP contribution in [0.15, 0.2) is 120 Å². The zero-order chi connectivity index (χ0) is 29.1. The number of anilines is 3.